The van der Waals surface area contributed by atoms with Crippen LogP contribution in [-0.4, -0.2) is 26.9 Å². The number of benzene rings is 2. The number of carbonyl (C=O) groups excluding carboxylic acids is 2. The van der Waals surface area contributed by atoms with Crippen LogP contribution in [-0.2, 0) is 11.0 Å². The highest BCUT2D eigenvalue weighted by Gasteiger charge is 2.35. The molecule has 2 rings (SSSR count). The Morgan fingerprint density at radius 2 is 1.38 bits per heavy atom. The maximum absolute atomic E-state index is 12.7. The van der Waals surface area contributed by atoms with Crippen molar-refractivity contribution in [3.8, 4) is 0 Å². The summed E-state index contributed by atoms with van der Waals surface area (Å²) in [5.74, 6) is -1.01. The van der Waals surface area contributed by atoms with Crippen LogP contribution in [0.5, 0.6) is 0 Å². The van der Waals surface area contributed by atoms with Gasteiger partial charge in [-0.25, -0.2) is 0 Å². The summed E-state index contributed by atoms with van der Waals surface area (Å²) in [6.45, 7) is 1.38. The molecule has 1 atom stereocenters. The highest BCUT2D eigenvalue weighted by atomic mass is 35.6. The van der Waals surface area contributed by atoms with Gasteiger partial charge in [-0.2, -0.15) is 13.2 Å². The molecule has 0 spiro atoms. The molecular formula is C19H16Cl3F3N4O2S. The van der Waals surface area contributed by atoms with Gasteiger partial charge in [0.15, 0.2) is 5.11 Å². The maximum atomic E-state index is 12.7. The third-order valence-corrected chi connectivity index (χ3v) is 4.69. The Kier molecular flexibility index (Phi) is 8.58. The van der Waals surface area contributed by atoms with Crippen LogP contribution >= 0.6 is 47.0 Å². The van der Waals surface area contributed by atoms with E-state index in [0.717, 1.165) is 24.3 Å². The smallest absolute Gasteiger partial charge is 0.339 e. The molecule has 4 N–H and O–H groups in total. The van der Waals surface area contributed by atoms with Crippen LogP contribution in [0.15, 0.2) is 48.5 Å². The summed E-state index contributed by atoms with van der Waals surface area (Å²) in [6, 6.07) is 10.1. The minimum absolute atomic E-state index is 0.0127. The van der Waals surface area contributed by atoms with Crippen molar-refractivity contribution >= 4 is 75.3 Å². The fourth-order valence-electron chi connectivity index (χ4n) is 2.36. The number of amides is 2. The molecule has 0 aliphatic rings. The second-order valence-corrected chi connectivity index (χ2v) is 9.16. The third-order valence-electron chi connectivity index (χ3n) is 3.82. The fourth-order valence-corrected chi connectivity index (χ4v) is 2.93. The van der Waals surface area contributed by atoms with Crippen molar-refractivity contribution in [2.24, 2.45) is 0 Å². The molecule has 0 heterocycles. The van der Waals surface area contributed by atoms with E-state index in [4.69, 9.17) is 47.0 Å². The predicted molar refractivity (Wildman–Crippen MR) is 123 cm³/mol. The predicted octanol–water partition coefficient (Wildman–Crippen LogP) is 5.08. The van der Waals surface area contributed by atoms with E-state index in [9.17, 15) is 22.8 Å². The van der Waals surface area contributed by atoms with Crippen molar-refractivity contribution in [3.63, 3.8) is 0 Å². The average molecular weight is 528 g/mol. The zero-order valence-corrected chi connectivity index (χ0v) is 19.3. The second kappa shape index (κ2) is 10.6. The summed E-state index contributed by atoms with van der Waals surface area (Å²) in [7, 11) is 0. The van der Waals surface area contributed by atoms with Crippen molar-refractivity contribution < 1.29 is 22.8 Å². The molecule has 0 unspecified atom stereocenters. The van der Waals surface area contributed by atoms with Gasteiger partial charge in [0, 0.05) is 23.9 Å². The number of alkyl halides is 6. The standard InChI is InChI=1S/C19H16Cl3F3N4O2S/c1-10(30)26-13-6-8-14(9-7-13)27-17(32)29-16(18(20,21)22)28-15(31)11-2-4-12(5-3-11)19(23,24)25/h2-9,16H,1H3,(H,26,30)(H,28,31)(H2,27,29,32)/t16-/m1/s1. The van der Waals surface area contributed by atoms with Gasteiger partial charge < -0.3 is 21.3 Å². The minimum Gasteiger partial charge on any atom is -0.339 e. The van der Waals surface area contributed by atoms with Gasteiger partial charge in [-0.1, -0.05) is 34.8 Å². The van der Waals surface area contributed by atoms with Crippen LogP contribution in [0.2, 0.25) is 0 Å². The molecule has 6 nitrogen and oxygen atoms in total. The number of halogens is 6. The largest absolute Gasteiger partial charge is 0.416 e. The lowest BCUT2D eigenvalue weighted by atomic mass is 10.1. The molecule has 2 aromatic carbocycles. The molecule has 2 amide bonds. The summed E-state index contributed by atoms with van der Waals surface area (Å²) < 4.78 is 36.0. The van der Waals surface area contributed by atoms with Crippen LogP contribution in [0.25, 0.3) is 0 Å². The van der Waals surface area contributed by atoms with Crippen LogP contribution in [0.4, 0.5) is 24.5 Å². The number of rotatable bonds is 5. The first-order valence-electron chi connectivity index (χ1n) is 8.76. The van der Waals surface area contributed by atoms with E-state index in [1.165, 1.54) is 6.92 Å². The Balaban J connectivity index is 2.04. The second-order valence-electron chi connectivity index (χ2n) is 6.38. The van der Waals surface area contributed by atoms with Gasteiger partial charge in [0.1, 0.15) is 6.17 Å². The fraction of sp³-hybridized carbons (Fsp3) is 0.211. The molecule has 0 saturated heterocycles. The van der Waals surface area contributed by atoms with Crippen molar-refractivity contribution in [1.82, 2.24) is 10.6 Å². The topological polar surface area (TPSA) is 82.3 Å². The van der Waals surface area contributed by atoms with E-state index >= 15 is 0 Å². The van der Waals surface area contributed by atoms with Gasteiger partial charge in [-0.15, -0.1) is 0 Å². The Morgan fingerprint density at radius 3 is 1.81 bits per heavy atom. The van der Waals surface area contributed by atoms with Gasteiger partial charge in [0.05, 0.1) is 5.56 Å². The first-order valence-corrected chi connectivity index (χ1v) is 10.3. The van der Waals surface area contributed by atoms with E-state index in [2.05, 4.69) is 21.3 Å². The Hall–Kier alpha value is -2.27. The number of hydrogen-bond acceptors (Lipinski definition) is 3. The molecule has 0 fully saturated rings. The average Bonchev–Trinajstić information content (AvgIpc) is 2.67. The molecule has 172 valence electrons. The van der Waals surface area contributed by atoms with E-state index < -0.39 is 27.6 Å². The molecule has 0 radical (unpaired) electrons. The molecule has 0 bridgehead atoms. The lowest BCUT2D eigenvalue weighted by Gasteiger charge is -2.28. The zero-order chi connectivity index (χ0) is 24.1. The lowest BCUT2D eigenvalue weighted by molar-refractivity contribution is -0.137. The quantitative estimate of drug-likeness (QED) is 0.248. The zero-order valence-electron chi connectivity index (χ0n) is 16.2. The summed E-state index contributed by atoms with van der Waals surface area (Å²) in [6.07, 6.45) is -5.85. The van der Waals surface area contributed by atoms with E-state index in [1.807, 2.05) is 0 Å². The number of thiocarbonyl (C=S) groups is 1. The summed E-state index contributed by atoms with van der Waals surface area (Å²) >= 11 is 22.9. The van der Waals surface area contributed by atoms with Gasteiger partial charge in [-0.05, 0) is 60.7 Å². The molecule has 0 saturated carbocycles. The number of nitrogens with one attached hydrogen (secondary N) is 4. The lowest BCUT2D eigenvalue weighted by Crippen LogP contribution is -2.56. The third kappa shape index (κ3) is 8.01. The van der Waals surface area contributed by atoms with E-state index in [0.29, 0.717) is 11.4 Å². The van der Waals surface area contributed by atoms with Gasteiger partial charge in [-0.3, -0.25) is 9.59 Å². The molecule has 32 heavy (non-hydrogen) atoms. The van der Waals surface area contributed by atoms with Crippen LogP contribution in [0.3, 0.4) is 0 Å². The number of carbonyl (C=O) groups is 2. The SMILES string of the molecule is CC(=O)Nc1ccc(NC(=S)N[C@@H](NC(=O)c2ccc(C(F)(F)F)cc2)C(Cl)(Cl)Cl)cc1. The highest BCUT2D eigenvalue weighted by molar-refractivity contribution is 7.80. The molecule has 0 aromatic heterocycles. The van der Waals surface area contributed by atoms with E-state index in [-0.39, 0.29) is 16.6 Å². The van der Waals surface area contributed by atoms with Crippen LogP contribution < -0.4 is 21.3 Å². The highest BCUT2D eigenvalue weighted by Crippen LogP contribution is 2.30. The molecule has 13 heteroatoms. The first-order chi connectivity index (χ1) is 14.8. The summed E-state index contributed by atoms with van der Waals surface area (Å²) in [5, 5.41) is 10.4. The van der Waals surface area contributed by atoms with Crippen molar-refractivity contribution in [3.05, 3.63) is 59.7 Å². The monoisotopic (exact) mass is 526 g/mol. The normalized spacial score (nSPS) is 12.5. The summed E-state index contributed by atoms with van der Waals surface area (Å²) in [4.78, 5) is 23.5. The minimum atomic E-state index is -4.53. The number of hydrogen-bond donors (Lipinski definition) is 4. The molecule has 2 aromatic rings. The number of anilines is 2. The van der Waals surface area contributed by atoms with Crippen molar-refractivity contribution in [2.45, 2.75) is 23.1 Å². The molecular weight excluding hydrogens is 512 g/mol. The van der Waals surface area contributed by atoms with E-state index in [1.54, 1.807) is 24.3 Å². The van der Waals surface area contributed by atoms with Gasteiger partial charge in [0.25, 0.3) is 5.91 Å². The Labute approximate surface area is 201 Å². The van der Waals surface area contributed by atoms with Crippen molar-refractivity contribution in [2.75, 3.05) is 10.6 Å². The molecule has 0 aliphatic heterocycles. The molecule has 0 aliphatic carbocycles. The van der Waals surface area contributed by atoms with Gasteiger partial charge in [0.2, 0.25) is 9.70 Å². The first kappa shape index (κ1) is 26.0. The maximum Gasteiger partial charge on any atom is 0.416 e. The Morgan fingerprint density at radius 1 is 0.875 bits per heavy atom. The van der Waals surface area contributed by atoms with Crippen LogP contribution in [0, 0.1) is 0 Å². The summed E-state index contributed by atoms with van der Waals surface area (Å²) in [5.41, 5.74) is 0.130. The van der Waals surface area contributed by atoms with Crippen molar-refractivity contribution in [1.29, 1.82) is 0 Å². The van der Waals surface area contributed by atoms with Gasteiger partial charge >= 0.3 is 6.18 Å². The van der Waals surface area contributed by atoms with Crippen LogP contribution in [0.1, 0.15) is 22.8 Å². The Bertz CT molecular complexity index is 981.